The molecule has 0 spiro atoms. The molecule has 1 aliphatic heterocycles. The van der Waals surface area contributed by atoms with Crippen molar-refractivity contribution in [3.63, 3.8) is 0 Å². The standard InChI is InChI=1S/C27H25Cl2N3O4S/c1-35-23-11-6-17(14-24(23)36-2)12-13-31-22(16-25(33)30-20-9-7-18(28)8-10-20)26(34)32(27(31)37)21-5-3-4-19(29)15-21/h3-11,14-15,22H,12-13,16H2,1-2H3,(H,30,33). The van der Waals surface area contributed by atoms with Crippen LogP contribution in [-0.2, 0) is 16.0 Å². The van der Waals surface area contributed by atoms with Crippen LogP contribution in [0.1, 0.15) is 12.0 Å². The van der Waals surface area contributed by atoms with E-state index in [1.807, 2.05) is 18.2 Å². The van der Waals surface area contributed by atoms with Crippen LogP contribution in [0.25, 0.3) is 0 Å². The Morgan fingerprint density at radius 3 is 2.38 bits per heavy atom. The molecule has 10 heteroatoms. The number of carbonyl (C=O) groups is 2. The normalized spacial score (nSPS) is 15.2. The minimum atomic E-state index is -0.779. The molecule has 0 aliphatic carbocycles. The van der Waals surface area contributed by atoms with Gasteiger partial charge in [-0.15, -0.1) is 0 Å². The minimum Gasteiger partial charge on any atom is -0.493 e. The van der Waals surface area contributed by atoms with Gasteiger partial charge in [-0.3, -0.25) is 14.5 Å². The van der Waals surface area contributed by atoms with E-state index < -0.39 is 6.04 Å². The molecule has 1 heterocycles. The summed E-state index contributed by atoms with van der Waals surface area (Å²) >= 11 is 17.9. The Balaban J connectivity index is 1.57. The molecule has 1 saturated heterocycles. The van der Waals surface area contributed by atoms with Gasteiger partial charge in [-0.1, -0.05) is 35.3 Å². The zero-order valence-corrected chi connectivity index (χ0v) is 22.6. The van der Waals surface area contributed by atoms with Crippen LogP contribution in [0.3, 0.4) is 0 Å². The van der Waals surface area contributed by atoms with Gasteiger partial charge in [0, 0.05) is 22.3 Å². The highest BCUT2D eigenvalue weighted by Gasteiger charge is 2.44. The maximum Gasteiger partial charge on any atom is 0.256 e. The second kappa shape index (κ2) is 11.8. The molecule has 1 N–H and O–H groups in total. The Bertz CT molecular complexity index is 1320. The predicted molar refractivity (Wildman–Crippen MR) is 150 cm³/mol. The molecule has 4 rings (SSSR count). The van der Waals surface area contributed by atoms with Crippen molar-refractivity contribution in [2.24, 2.45) is 0 Å². The van der Waals surface area contributed by atoms with E-state index in [0.717, 1.165) is 5.56 Å². The third-order valence-corrected chi connectivity index (χ3v) is 6.89. The van der Waals surface area contributed by atoms with Gasteiger partial charge < -0.3 is 19.7 Å². The molecule has 0 saturated carbocycles. The number of anilines is 2. The van der Waals surface area contributed by atoms with Crippen LogP contribution in [0.15, 0.2) is 66.7 Å². The van der Waals surface area contributed by atoms with E-state index in [1.54, 1.807) is 67.7 Å². The number of nitrogens with zero attached hydrogens (tertiary/aromatic N) is 2. The predicted octanol–water partition coefficient (Wildman–Crippen LogP) is 5.58. The largest absolute Gasteiger partial charge is 0.493 e. The number of hydrogen-bond acceptors (Lipinski definition) is 5. The van der Waals surface area contributed by atoms with Gasteiger partial charge >= 0.3 is 0 Å². The fourth-order valence-electron chi connectivity index (χ4n) is 4.15. The van der Waals surface area contributed by atoms with Crippen molar-refractivity contribution in [3.8, 4) is 11.5 Å². The number of thiocarbonyl (C=S) groups is 1. The van der Waals surface area contributed by atoms with E-state index in [4.69, 9.17) is 44.9 Å². The van der Waals surface area contributed by atoms with Crippen molar-refractivity contribution in [2.75, 3.05) is 31.0 Å². The second-order valence-corrected chi connectivity index (χ2v) is 9.58. The number of carbonyl (C=O) groups excluding carboxylic acids is 2. The van der Waals surface area contributed by atoms with E-state index in [1.165, 1.54) is 4.90 Å². The van der Waals surface area contributed by atoms with Crippen LogP contribution >= 0.6 is 35.4 Å². The number of halogens is 2. The zero-order valence-electron chi connectivity index (χ0n) is 20.2. The fourth-order valence-corrected chi connectivity index (χ4v) is 4.87. The van der Waals surface area contributed by atoms with Gasteiger partial charge in [0.25, 0.3) is 5.91 Å². The van der Waals surface area contributed by atoms with E-state index in [9.17, 15) is 9.59 Å². The molecule has 3 aromatic rings. The van der Waals surface area contributed by atoms with Crippen molar-refractivity contribution in [1.29, 1.82) is 0 Å². The lowest BCUT2D eigenvalue weighted by Gasteiger charge is -2.24. The van der Waals surface area contributed by atoms with Gasteiger partial charge in [-0.2, -0.15) is 0 Å². The number of methoxy groups -OCH3 is 2. The van der Waals surface area contributed by atoms with Crippen molar-refractivity contribution in [2.45, 2.75) is 18.9 Å². The molecule has 1 aliphatic rings. The molecule has 192 valence electrons. The number of ether oxygens (including phenoxy) is 2. The zero-order chi connectivity index (χ0) is 26.5. The van der Waals surface area contributed by atoms with Crippen LogP contribution in [0, 0.1) is 0 Å². The van der Waals surface area contributed by atoms with Crippen molar-refractivity contribution in [1.82, 2.24) is 4.90 Å². The monoisotopic (exact) mass is 557 g/mol. The molecule has 1 atom stereocenters. The van der Waals surface area contributed by atoms with Crippen molar-refractivity contribution in [3.05, 3.63) is 82.3 Å². The Hall–Kier alpha value is -3.33. The third kappa shape index (κ3) is 6.15. The van der Waals surface area contributed by atoms with E-state index in [-0.39, 0.29) is 18.2 Å². The maximum atomic E-state index is 13.6. The summed E-state index contributed by atoms with van der Waals surface area (Å²) in [6, 6.07) is 18.6. The summed E-state index contributed by atoms with van der Waals surface area (Å²) in [7, 11) is 3.16. The minimum absolute atomic E-state index is 0.0788. The molecule has 7 nitrogen and oxygen atoms in total. The van der Waals surface area contributed by atoms with Crippen molar-refractivity contribution >= 4 is 63.7 Å². The van der Waals surface area contributed by atoms with Crippen LogP contribution in [0.5, 0.6) is 11.5 Å². The number of nitrogens with one attached hydrogen (secondary N) is 1. The summed E-state index contributed by atoms with van der Waals surface area (Å²) in [5.74, 6) is 0.639. The molecular weight excluding hydrogens is 533 g/mol. The first-order valence-corrected chi connectivity index (χ1v) is 12.6. The summed E-state index contributed by atoms with van der Waals surface area (Å²) in [6.07, 6.45) is 0.483. The van der Waals surface area contributed by atoms with Gasteiger partial charge in [-0.25, -0.2) is 0 Å². The highest BCUT2D eigenvalue weighted by atomic mass is 35.5. The Labute approximate surface area is 230 Å². The van der Waals surface area contributed by atoms with Crippen LogP contribution in [0.4, 0.5) is 11.4 Å². The molecule has 0 bridgehead atoms. The summed E-state index contributed by atoms with van der Waals surface area (Å²) < 4.78 is 10.7. The quantitative estimate of drug-likeness (QED) is 0.346. The average Bonchev–Trinajstić information content (AvgIpc) is 3.12. The van der Waals surface area contributed by atoms with Crippen LogP contribution in [-0.4, -0.2) is 48.6 Å². The third-order valence-electron chi connectivity index (χ3n) is 5.98. The number of hydrogen-bond donors (Lipinski definition) is 1. The molecule has 2 amide bonds. The van der Waals surface area contributed by atoms with Crippen molar-refractivity contribution < 1.29 is 19.1 Å². The summed E-state index contributed by atoms with van der Waals surface area (Å²) in [5, 5.41) is 4.19. The van der Waals surface area contributed by atoms with E-state index in [2.05, 4.69) is 5.32 Å². The number of amides is 2. The van der Waals surface area contributed by atoms with E-state index >= 15 is 0 Å². The van der Waals surface area contributed by atoms with Crippen LogP contribution < -0.4 is 19.7 Å². The smallest absolute Gasteiger partial charge is 0.256 e. The Morgan fingerprint density at radius 1 is 0.973 bits per heavy atom. The van der Waals surface area contributed by atoms with E-state index in [0.29, 0.717) is 51.0 Å². The Kier molecular flexibility index (Phi) is 8.53. The molecule has 3 aromatic carbocycles. The first kappa shape index (κ1) is 26.7. The first-order valence-electron chi connectivity index (χ1n) is 11.5. The second-order valence-electron chi connectivity index (χ2n) is 8.34. The van der Waals surface area contributed by atoms with Gasteiger partial charge in [-0.05, 0) is 78.8 Å². The highest BCUT2D eigenvalue weighted by molar-refractivity contribution is 7.80. The van der Waals surface area contributed by atoms with Gasteiger partial charge in [0.1, 0.15) is 6.04 Å². The van der Waals surface area contributed by atoms with Gasteiger partial charge in [0.15, 0.2) is 16.6 Å². The fraction of sp³-hybridized carbons (Fsp3) is 0.222. The molecule has 1 fully saturated rings. The lowest BCUT2D eigenvalue weighted by atomic mass is 10.1. The Morgan fingerprint density at radius 2 is 1.70 bits per heavy atom. The van der Waals surface area contributed by atoms with Gasteiger partial charge in [0.05, 0.1) is 26.3 Å². The molecule has 0 aromatic heterocycles. The topological polar surface area (TPSA) is 71.1 Å². The first-order chi connectivity index (χ1) is 17.8. The molecule has 1 unspecified atom stereocenters. The lowest BCUT2D eigenvalue weighted by Crippen LogP contribution is -2.39. The lowest BCUT2D eigenvalue weighted by molar-refractivity contribution is -0.124. The average molecular weight is 558 g/mol. The number of benzene rings is 3. The number of rotatable bonds is 9. The van der Waals surface area contributed by atoms with Gasteiger partial charge in [0.2, 0.25) is 5.91 Å². The molecule has 37 heavy (non-hydrogen) atoms. The summed E-state index contributed by atoms with van der Waals surface area (Å²) in [5.41, 5.74) is 2.11. The molecular formula is C27H25Cl2N3O4S. The molecule has 0 radical (unpaired) electrons. The highest BCUT2D eigenvalue weighted by Crippen LogP contribution is 2.31. The van der Waals surface area contributed by atoms with Crippen LogP contribution in [0.2, 0.25) is 10.0 Å². The summed E-state index contributed by atoms with van der Waals surface area (Å²) in [4.78, 5) is 29.8. The SMILES string of the molecule is COc1ccc(CCN2C(=S)N(c3cccc(Cl)c3)C(=O)C2CC(=O)Nc2ccc(Cl)cc2)cc1OC. The summed E-state index contributed by atoms with van der Waals surface area (Å²) in [6.45, 7) is 0.413. The maximum absolute atomic E-state index is 13.6.